The molecule has 2 heterocycles. The molecule has 0 unspecified atom stereocenters. The third kappa shape index (κ3) is 4.02. The monoisotopic (exact) mass is 347 g/mol. The molecule has 0 saturated heterocycles. The summed E-state index contributed by atoms with van der Waals surface area (Å²) in [6, 6.07) is 7.70. The summed E-state index contributed by atoms with van der Waals surface area (Å²) in [7, 11) is 0. The van der Waals surface area contributed by atoms with Crippen LogP contribution in [0.2, 0.25) is 0 Å². The zero-order valence-corrected chi connectivity index (χ0v) is 13.6. The minimum absolute atomic E-state index is 0.146. The quantitative estimate of drug-likeness (QED) is 0.690. The fourth-order valence-corrected chi connectivity index (χ4v) is 2.56. The summed E-state index contributed by atoms with van der Waals surface area (Å²) in [5.74, 6) is 0.708. The van der Waals surface area contributed by atoms with Gasteiger partial charge in [0, 0.05) is 6.54 Å². The molecule has 2 aromatic heterocycles. The number of amides is 1. The van der Waals surface area contributed by atoms with Gasteiger partial charge in [-0.05, 0) is 30.7 Å². The highest BCUT2D eigenvalue weighted by molar-refractivity contribution is 7.99. The van der Waals surface area contributed by atoms with Gasteiger partial charge in [0.2, 0.25) is 5.91 Å². The van der Waals surface area contributed by atoms with E-state index in [1.165, 1.54) is 12.1 Å². The van der Waals surface area contributed by atoms with E-state index in [9.17, 15) is 9.18 Å². The number of nitrogens with zero attached hydrogens (tertiary/aromatic N) is 2. The average molecular weight is 347 g/mol. The Balaban J connectivity index is 1.49. The normalized spacial score (nSPS) is 10.8. The van der Waals surface area contributed by atoms with E-state index in [-0.39, 0.29) is 17.5 Å². The Morgan fingerprint density at radius 2 is 2.04 bits per heavy atom. The average Bonchev–Trinajstić information content (AvgIpc) is 3.21. The second-order valence-corrected chi connectivity index (χ2v) is 5.88. The Labute approximate surface area is 141 Å². The first kappa shape index (κ1) is 16.3. The van der Waals surface area contributed by atoms with Crippen molar-refractivity contribution in [2.24, 2.45) is 0 Å². The Bertz CT molecular complexity index is 829. The number of carbonyl (C=O) groups excluding carboxylic acids is 1. The number of halogens is 1. The molecule has 6 nitrogen and oxygen atoms in total. The SMILES string of the molecule is Cc1occc1-c1nnc(SCC(=O)NCc2ccc(F)cc2)o1. The molecule has 0 fully saturated rings. The molecule has 3 rings (SSSR count). The van der Waals surface area contributed by atoms with Crippen LogP contribution in [0.4, 0.5) is 4.39 Å². The Hall–Kier alpha value is -2.61. The van der Waals surface area contributed by atoms with Gasteiger partial charge in [0.25, 0.3) is 11.1 Å². The first-order valence-corrected chi connectivity index (χ1v) is 8.12. The first-order chi connectivity index (χ1) is 11.6. The summed E-state index contributed by atoms with van der Waals surface area (Å²) in [5, 5.41) is 10.9. The van der Waals surface area contributed by atoms with Crippen molar-refractivity contribution in [3.8, 4) is 11.5 Å². The zero-order chi connectivity index (χ0) is 16.9. The molecule has 124 valence electrons. The predicted molar refractivity (Wildman–Crippen MR) is 85.7 cm³/mol. The summed E-state index contributed by atoms with van der Waals surface area (Å²) < 4.78 is 23.5. The smallest absolute Gasteiger partial charge is 0.277 e. The van der Waals surface area contributed by atoms with Gasteiger partial charge in [-0.25, -0.2) is 4.39 Å². The lowest BCUT2D eigenvalue weighted by atomic mass is 10.2. The summed E-state index contributed by atoms with van der Waals surface area (Å²) in [4.78, 5) is 11.8. The van der Waals surface area contributed by atoms with Crippen molar-refractivity contribution >= 4 is 17.7 Å². The van der Waals surface area contributed by atoms with E-state index < -0.39 is 0 Å². The molecule has 0 radical (unpaired) electrons. The third-order valence-corrected chi connectivity index (χ3v) is 4.04. The minimum atomic E-state index is -0.305. The number of aromatic nitrogens is 2. The van der Waals surface area contributed by atoms with Gasteiger partial charge in [-0.15, -0.1) is 10.2 Å². The molecular formula is C16H14FN3O3S. The van der Waals surface area contributed by atoms with Crippen molar-refractivity contribution in [1.82, 2.24) is 15.5 Å². The van der Waals surface area contributed by atoms with Crippen LogP contribution in [0, 0.1) is 12.7 Å². The van der Waals surface area contributed by atoms with Gasteiger partial charge >= 0.3 is 0 Å². The largest absolute Gasteiger partial charge is 0.469 e. The molecule has 0 spiro atoms. The molecule has 0 aliphatic rings. The lowest BCUT2D eigenvalue weighted by molar-refractivity contribution is -0.118. The van der Waals surface area contributed by atoms with Crippen LogP contribution in [0.5, 0.6) is 0 Å². The van der Waals surface area contributed by atoms with Gasteiger partial charge in [0.05, 0.1) is 17.6 Å². The maximum atomic E-state index is 12.8. The lowest BCUT2D eigenvalue weighted by Gasteiger charge is -2.04. The third-order valence-electron chi connectivity index (χ3n) is 3.23. The van der Waals surface area contributed by atoms with Crippen LogP contribution in [0.15, 0.2) is 50.7 Å². The maximum Gasteiger partial charge on any atom is 0.277 e. The van der Waals surface area contributed by atoms with Crippen molar-refractivity contribution in [2.45, 2.75) is 18.7 Å². The highest BCUT2D eigenvalue weighted by Gasteiger charge is 2.14. The number of carbonyl (C=O) groups is 1. The standard InChI is InChI=1S/C16H14FN3O3S/c1-10-13(6-7-22-10)15-19-20-16(23-15)24-9-14(21)18-8-11-2-4-12(17)5-3-11/h2-7H,8-9H2,1H3,(H,18,21). The van der Waals surface area contributed by atoms with Gasteiger partial charge in [-0.1, -0.05) is 23.9 Å². The molecule has 8 heteroatoms. The van der Waals surface area contributed by atoms with Crippen molar-refractivity contribution < 1.29 is 18.0 Å². The Kier molecular flexibility index (Phi) is 4.95. The second kappa shape index (κ2) is 7.31. The van der Waals surface area contributed by atoms with Crippen LogP contribution in [0.3, 0.4) is 0 Å². The molecule has 0 atom stereocenters. The van der Waals surface area contributed by atoms with E-state index in [0.717, 1.165) is 22.9 Å². The predicted octanol–water partition coefficient (Wildman–Crippen LogP) is 3.19. The zero-order valence-electron chi connectivity index (χ0n) is 12.8. The number of hydrogen-bond acceptors (Lipinski definition) is 6. The van der Waals surface area contributed by atoms with E-state index in [0.29, 0.717) is 23.4 Å². The highest BCUT2D eigenvalue weighted by atomic mass is 32.2. The van der Waals surface area contributed by atoms with Crippen LogP contribution in [0.25, 0.3) is 11.5 Å². The molecule has 1 N–H and O–H groups in total. The van der Waals surface area contributed by atoms with Crippen LogP contribution in [-0.4, -0.2) is 21.9 Å². The van der Waals surface area contributed by atoms with Gasteiger partial charge in [0.15, 0.2) is 0 Å². The maximum absolute atomic E-state index is 12.8. The summed E-state index contributed by atoms with van der Waals surface area (Å²) in [6.07, 6.45) is 1.55. The van der Waals surface area contributed by atoms with Crippen LogP contribution in [0.1, 0.15) is 11.3 Å². The molecular weight excluding hydrogens is 333 g/mol. The van der Waals surface area contributed by atoms with Gasteiger partial charge in [-0.2, -0.15) is 0 Å². The van der Waals surface area contributed by atoms with E-state index in [1.54, 1.807) is 31.4 Å². The van der Waals surface area contributed by atoms with Crippen LogP contribution < -0.4 is 5.32 Å². The number of hydrogen-bond donors (Lipinski definition) is 1. The van der Waals surface area contributed by atoms with Crippen LogP contribution in [-0.2, 0) is 11.3 Å². The highest BCUT2D eigenvalue weighted by Crippen LogP contribution is 2.26. The summed E-state index contributed by atoms with van der Waals surface area (Å²) in [5.41, 5.74) is 1.56. The number of thioether (sulfide) groups is 1. The van der Waals surface area contributed by atoms with Crippen LogP contribution >= 0.6 is 11.8 Å². The molecule has 0 bridgehead atoms. The summed E-state index contributed by atoms with van der Waals surface area (Å²) in [6.45, 7) is 2.14. The van der Waals surface area contributed by atoms with Crippen molar-refractivity contribution in [1.29, 1.82) is 0 Å². The topological polar surface area (TPSA) is 81.2 Å². The molecule has 1 aromatic carbocycles. The number of nitrogens with one attached hydrogen (secondary N) is 1. The van der Waals surface area contributed by atoms with Gasteiger partial charge < -0.3 is 14.2 Å². The fourth-order valence-electron chi connectivity index (χ4n) is 1.96. The van der Waals surface area contributed by atoms with E-state index in [1.807, 2.05) is 0 Å². The molecule has 1 amide bonds. The number of aryl methyl sites for hydroxylation is 1. The first-order valence-electron chi connectivity index (χ1n) is 7.14. The number of furan rings is 1. The van der Waals surface area contributed by atoms with Gasteiger partial charge in [0.1, 0.15) is 11.6 Å². The molecule has 24 heavy (non-hydrogen) atoms. The van der Waals surface area contributed by atoms with Crippen molar-refractivity contribution in [2.75, 3.05) is 5.75 Å². The fraction of sp³-hybridized carbons (Fsp3) is 0.188. The molecule has 3 aromatic rings. The lowest BCUT2D eigenvalue weighted by Crippen LogP contribution is -2.24. The number of rotatable bonds is 6. The van der Waals surface area contributed by atoms with E-state index in [2.05, 4.69) is 15.5 Å². The van der Waals surface area contributed by atoms with Gasteiger partial charge in [-0.3, -0.25) is 4.79 Å². The molecule has 0 aliphatic heterocycles. The van der Waals surface area contributed by atoms with Crippen molar-refractivity contribution in [3.05, 3.63) is 53.7 Å². The second-order valence-electron chi connectivity index (χ2n) is 4.96. The Morgan fingerprint density at radius 3 is 2.75 bits per heavy atom. The minimum Gasteiger partial charge on any atom is -0.469 e. The number of benzene rings is 1. The van der Waals surface area contributed by atoms with Crippen molar-refractivity contribution in [3.63, 3.8) is 0 Å². The van der Waals surface area contributed by atoms with E-state index in [4.69, 9.17) is 8.83 Å². The summed E-state index contributed by atoms with van der Waals surface area (Å²) >= 11 is 1.15. The Morgan fingerprint density at radius 1 is 1.25 bits per heavy atom. The molecule has 0 saturated carbocycles. The van der Waals surface area contributed by atoms with E-state index >= 15 is 0 Å². The molecule has 0 aliphatic carbocycles.